The first kappa shape index (κ1) is 15.1. The molecule has 0 heterocycles. The first-order valence-corrected chi connectivity index (χ1v) is 7.57. The van der Waals surface area contributed by atoms with E-state index < -0.39 is 5.54 Å². The maximum absolute atomic E-state index is 12.0. The van der Waals surface area contributed by atoms with Crippen molar-refractivity contribution in [1.29, 1.82) is 0 Å². The third-order valence-electron chi connectivity index (χ3n) is 2.81. The predicted molar refractivity (Wildman–Crippen MR) is 79.8 cm³/mol. The van der Waals surface area contributed by atoms with Gasteiger partial charge in [-0.3, -0.25) is 4.79 Å². The molecule has 0 saturated heterocycles. The third-order valence-corrected chi connectivity index (χ3v) is 3.43. The lowest BCUT2D eigenvalue weighted by molar-refractivity contribution is -0.120. The molecular weight excluding hydrogens is 244 g/mol. The molecule has 1 rings (SSSR count). The smallest absolute Gasteiger partial charge is 0.244 e. The van der Waals surface area contributed by atoms with Crippen molar-refractivity contribution in [3.63, 3.8) is 0 Å². The molecule has 1 aromatic rings. The summed E-state index contributed by atoms with van der Waals surface area (Å²) in [4.78, 5) is 12.0. The normalized spacial score (nSPS) is 14.0. The number of nitrogens with one attached hydrogen (secondary N) is 1. The van der Waals surface area contributed by atoms with Gasteiger partial charge < -0.3 is 11.1 Å². The van der Waals surface area contributed by atoms with Crippen molar-refractivity contribution in [2.24, 2.45) is 5.73 Å². The molecule has 1 amide bonds. The highest BCUT2D eigenvalue weighted by molar-refractivity contribution is 7.97. The zero-order valence-corrected chi connectivity index (χ0v) is 12.1. The Morgan fingerprint density at radius 1 is 1.39 bits per heavy atom. The molecular formula is C14H22N2OS. The van der Waals surface area contributed by atoms with Crippen molar-refractivity contribution >= 4 is 23.4 Å². The Kier molecular flexibility index (Phi) is 5.69. The van der Waals surface area contributed by atoms with Crippen molar-refractivity contribution in [3.8, 4) is 0 Å². The molecule has 0 aromatic heterocycles. The SMILES string of the molecule is CCCC(C)(N)C(=O)Nc1ccc(CSC)cc1. The largest absolute Gasteiger partial charge is 0.325 e. The number of rotatable bonds is 6. The van der Waals surface area contributed by atoms with E-state index in [1.54, 1.807) is 18.7 Å². The number of anilines is 1. The van der Waals surface area contributed by atoms with Crippen molar-refractivity contribution in [3.05, 3.63) is 29.8 Å². The van der Waals surface area contributed by atoms with Gasteiger partial charge in [-0.25, -0.2) is 0 Å². The molecule has 0 spiro atoms. The standard InChI is InChI=1S/C14H22N2OS/c1-4-9-14(2,15)13(17)16-12-7-5-11(6-8-12)10-18-3/h5-8H,4,9-10,15H2,1-3H3,(H,16,17). The van der Waals surface area contributed by atoms with Crippen LogP contribution in [0.1, 0.15) is 32.3 Å². The molecule has 0 bridgehead atoms. The quantitative estimate of drug-likeness (QED) is 0.832. The Bertz CT molecular complexity index is 387. The molecule has 0 aliphatic carbocycles. The Labute approximate surface area is 114 Å². The summed E-state index contributed by atoms with van der Waals surface area (Å²) in [6, 6.07) is 7.90. The molecule has 1 unspecified atom stereocenters. The van der Waals surface area contributed by atoms with Gasteiger partial charge in [0.15, 0.2) is 0 Å². The van der Waals surface area contributed by atoms with Crippen LogP contribution in [-0.4, -0.2) is 17.7 Å². The van der Waals surface area contributed by atoms with Crippen LogP contribution in [0.15, 0.2) is 24.3 Å². The second kappa shape index (κ2) is 6.81. The highest BCUT2D eigenvalue weighted by atomic mass is 32.2. The minimum Gasteiger partial charge on any atom is -0.325 e. The Balaban J connectivity index is 2.64. The maximum Gasteiger partial charge on any atom is 0.244 e. The maximum atomic E-state index is 12.0. The van der Waals surface area contributed by atoms with Gasteiger partial charge in [0.25, 0.3) is 0 Å². The molecule has 3 N–H and O–H groups in total. The number of carbonyl (C=O) groups excluding carboxylic acids is 1. The number of amides is 1. The van der Waals surface area contributed by atoms with Crippen LogP contribution in [-0.2, 0) is 10.5 Å². The van der Waals surface area contributed by atoms with Gasteiger partial charge in [0.05, 0.1) is 5.54 Å². The van der Waals surface area contributed by atoms with Gasteiger partial charge in [0.1, 0.15) is 0 Å². The van der Waals surface area contributed by atoms with Gasteiger partial charge in [0, 0.05) is 11.4 Å². The van der Waals surface area contributed by atoms with Crippen molar-refractivity contribution < 1.29 is 4.79 Å². The Morgan fingerprint density at radius 3 is 2.50 bits per heavy atom. The number of thioether (sulfide) groups is 1. The first-order valence-electron chi connectivity index (χ1n) is 6.18. The summed E-state index contributed by atoms with van der Waals surface area (Å²) in [5.41, 5.74) is 7.24. The average Bonchev–Trinajstić information content (AvgIpc) is 2.32. The third kappa shape index (κ3) is 4.35. The monoisotopic (exact) mass is 266 g/mol. The van der Waals surface area contributed by atoms with Crippen LogP contribution in [0.4, 0.5) is 5.69 Å². The van der Waals surface area contributed by atoms with Crippen LogP contribution in [0.2, 0.25) is 0 Å². The van der Waals surface area contributed by atoms with Gasteiger partial charge in [-0.15, -0.1) is 0 Å². The van der Waals surface area contributed by atoms with Crippen LogP contribution >= 0.6 is 11.8 Å². The fourth-order valence-corrected chi connectivity index (χ4v) is 2.28. The van der Waals surface area contributed by atoms with Gasteiger partial charge in [-0.1, -0.05) is 25.5 Å². The van der Waals surface area contributed by atoms with E-state index >= 15 is 0 Å². The highest BCUT2D eigenvalue weighted by Gasteiger charge is 2.26. The molecule has 18 heavy (non-hydrogen) atoms. The minimum absolute atomic E-state index is 0.123. The predicted octanol–water partition coefficient (Wildman–Crippen LogP) is 3.01. The number of carbonyl (C=O) groups is 1. The summed E-state index contributed by atoms with van der Waals surface area (Å²) >= 11 is 1.78. The molecule has 100 valence electrons. The van der Waals surface area contributed by atoms with E-state index in [-0.39, 0.29) is 5.91 Å². The van der Waals surface area contributed by atoms with E-state index in [0.29, 0.717) is 6.42 Å². The number of benzene rings is 1. The molecule has 0 aliphatic heterocycles. The first-order chi connectivity index (χ1) is 8.49. The zero-order chi connectivity index (χ0) is 13.6. The summed E-state index contributed by atoms with van der Waals surface area (Å²) in [7, 11) is 0. The van der Waals surface area contributed by atoms with E-state index in [0.717, 1.165) is 17.9 Å². The van der Waals surface area contributed by atoms with Gasteiger partial charge in [-0.05, 0) is 37.3 Å². The summed E-state index contributed by atoms with van der Waals surface area (Å²) in [5.74, 6) is 0.862. The van der Waals surface area contributed by atoms with Crippen LogP contribution < -0.4 is 11.1 Å². The molecule has 1 aromatic carbocycles. The lowest BCUT2D eigenvalue weighted by Crippen LogP contribution is -2.48. The molecule has 3 nitrogen and oxygen atoms in total. The van der Waals surface area contributed by atoms with Crippen molar-refractivity contribution in [2.75, 3.05) is 11.6 Å². The van der Waals surface area contributed by atoms with Crippen molar-refractivity contribution in [2.45, 2.75) is 38.0 Å². The number of nitrogens with two attached hydrogens (primary N) is 1. The molecule has 0 fully saturated rings. The van der Waals surface area contributed by atoms with E-state index in [1.807, 2.05) is 31.2 Å². The summed E-state index contributed by atoms with van der Waals surface area (Å²) < 4.78 is 0. The molecule has 0 saturated carbocycles. The topological polar surface area (TPSA) is 55.1 Å². The lowest BCUT2D eigenvalue weighted by atomic mass is 9.96. The average molecular weight is 266 g/mol. The molecule has 0 radical (unpaired) electrons. The summed E-state index contributed by atoms with van der Waals surface area (Å²) in [6.45, 7) is 3.80. The van der Waals surface area contributed by atoms with Gasteiger partial charge in [-0.2, -0.15) is 11.8 Å². The highest BCUT2D eigenvalue weighted by Crippen LogP contribution is 2.16. The van der Waals surface area contributed by atoms with E-state index in [9.17, 15) is 4.79 Å². The minimum atomic E-state index is -0.799. The lowest BCUT2D eigenvalue weighted by Gasteiger charge is -2.22. The Morgan fingerprint density at radius 2 is 2.00 bits per heavy atom. The molecule has 4 heteroatoms. The van der Waals surface area contributed by atoms with Crippen LogP contribution in [0, 0.1) is 0 Å². The summed E-state index contributed by atoms with van der Waals surface area (Å²) in [5, 5.41) is 2.87. The fraction of sp³-hybridized carbons (Fsp3) is 0.500. The fourth-order valence-electron chi connectivity index (χ4n) is 1.76. The molecule has 1 atom stereocenters. The van der Waals surface area contributed by atoms with Gasteiger partial charge >= 0.3 is 0 Å². The van der Waals surface area contributed by atoms with E-state index in [2.05, 4.69) is 11.6 Å². The second-order valence-corrected chi connectivity index (χ2v) is 5.62. The molecule has 0 aliphatic rings. The summed E-state index contributed by atoms with van der Waals surface area (Å²) in [6.07, 6.45) is 3.65. The second-order valence-electron chi connectivity index (χ2n) is 4.75. The van der Waals surface area contributed by atoms with Crippen LogP contribution in [0.3, 0.4) is 0 Å². The van der Waals surface area contributed by atoms with E-state index in [4.69, 9.17) is 5.73 Å². The number of hydrogen-bond donors (Lipinski definition) is 2. The van der Waals surface area contributed by atoms with Crippen LogP contribution in [0.5, 0.6) is 0 Å². The Hall–Kier alpha value is -1.00. The zero-order valence-electron chi connectivity index (χ0n) is 11.3. The van der Waals surface area contributed by atoms with Crippen molar-refractivity contribution in [1.82, 2.24) is 0 Å². The van der Waals surface area contributed by atoms with Gasteiger partial charge in [0.2, 0.25) is 5.91 Å². The van der Waals surface area contributed by atoms with E-state index in [1.165, 1.54) is 5.56 Å². The van der Waals surface area contributed by atoms with Crippen LogP contribution in [0.25, 0.3) is 0 Å². The number of hydrogen-bond acceptors (Lipinski definition) is 3.